The first kappa shape index (κ1) is 15.1. The lowest BCUT2D eigenvalue weighted by Gasteiger charge is -2.17. The standard InChI is InChI=1S/C15H20ClNO3/c1-9(2)5-13(15(18)19)17-8-11-7-12(16)6-10-3-4-20-14(10)11/h6-7,9,13,17H,3-5,8H2,1-2H3,(H,18,19)/t13-/m1/s1. The Morgan fingerprint density at radius 2 is 2.25 bits per heavy atom. The van der Waals surface area contributed by atoms with E-state index in [9.17, 15) is 9.90 Å². The number of rotatable bonds is 6. The van der Waals surface area contributed by atoms with Crippen molar-refractivity contribution < 1.29 is 14.6 Å². The summed E-state index contributed by atoms with van der Waals surface area (Å²) in [7, 11) is 0. The number of carbonyl (C=O) groups is 1. The monoisotopic (exact) mass is 297 g/mol. The van der Waals surface area contributed by atoms with Crippen molar-refractivity contribution in [3.8, 4) is 5.75 Å². The van der Waals surface area contributed by atoms with Crippen molar-refractivity contribution in [3.63, 3.8) is 0 Å². The summed E-state index contributed by atoms with van der Waals surface area (Å²) in [5, 5.41) is 13.0. The maximum absolute atomic E-state index is 11.2. The van der Waals surface area contributed by atoms with Crippen LogP contribution in [0.5, 0.6) is 5.75 Å². The van der Waals surface area contributed by atoms with Gasteiger partial charge in [-0.2, -0.15) is 0 Å². The molecule has 1 aliphatic heterocycles. The molecule has 0 bridgehead atoms. The van der Waals surface area contributed by atoms with Crippen LogP contribution in [0.1, 0.15) is 31.4 Å². The van der Waals surface area contributed by atoms with Crippen molar-refractivity contribution in [3.05, 3.63) is 28.3 Å². The highest BCUT2D eigenvalue weighted by atomic mass is 35.5. The van der Waals surface area contributed by atoms with Crippen LogP contribution in [-0.4, -0.2) is 23.7 Å². The molecule has 0 spiro atoms. The number of carboxylic acid groups (broad SMARTS) is 1. The minimum atomic E-state index is -0.821. The quantitative estimate of drug-likeness (QED) is 0.848. The summed E-state index contributed by atoms with van der Waals surface area (Å²) in [6.07, 6.45) is 1.45. The van der Waals surface area contributed by atoms with E-state index in [1.54, 1.807) is 0 Å². The lowest BCUT2D eigenvalue weighted by molar-refractivity contribution is -0.140. The largest absolute Gasteiger partial charge is 0.493 e. The Labute approximate surface area is 124 Å². The summed E-state index contributed by atoms with van der Waals surface area (Å²) in [5.74, 6) is 0.360. The number of hydrogen-bond acceptors (Lipinski definition) is 3. The van der Waals surface area contributed by atoms with Crippen molar-refractivity contribution in [1.82, 2.24) is 5.32 Å². The van der Waals surface area contributed by atoms with Crippen LogP contribution in [-0.2, 0) is 17.8 Å². The third kappa shape index (κ3) is 3.64. The molecule has 0 fully saturated rings. The molecule has 0 aromatic heterocycles. The van der Waals surface area contributed by atoms with Crippen LogP contribution in [0.25, 0.3) is 0 Å². The highest BCUT2D eigenvalue weighted by Crippen LogP contribution is 2.32. The smallest absolute Gasteiger partial charge is 0.320 e. The van der Waals surface area contributed by atoms with Gasteiger partial charge >= 0.3 is 5.97 Å². The highest BCUT2D eigenvalue weighted by molar-refractivity contribution is 6.30. The van der Waals surface area contributed by atoms with E-state index in [0.717, 1.165) is 23.3 Å². The molecular weight excluding hydrogens is 278 g/mol. The molecule has 0 radical (unpaired) electrons. The molecule has 0 saturated heterocycles. The number of halogens is 1. The van der Waals surface area contributed by atoms with Crippen LogP contribution in [0.4, 0.5) is 0 Å². The Bertz CT molecular complexity index is 502. The summed E-state index contributed by atoms with van der Waals surface area (Å²) < 4.78 is 5.61. The van der Waals surface area contributed by atoms with Gasteiger partial charge in [-0.05, 0) is 30.0 Å². The van der Waals surface area contributed by atoms with E-state index in [2.05, 4.69) is 5.32 Å². The van der Waals surface area contributed by atoms with Crippen LogP contribution in [0, 0.1) is 5.92 Å². The second kappa shape index (κ2) is 6.46. The number of carboxylic acids is 1. The van der Waals surface area contributed by atoms with Gasteiger partial charge in [0, 0.05) is 23.6 Å². The maximum Gasteiger partial charge on any atom is 0.320 e. The second-order valence-electron chi connectivity index (χ2n) is 5.55. The predicted octanol–water partition coefficient (Wildman–Crippen LogP) is 2.86. The molecule has 0 saturated carbocycles. The third-order valence-corrected chi connectivity index (χ3v) is 3.59. The summed E-state index contributed by atoms with van der Waals surface area (Å²) in [4.78, 5) is 11.2. The molecule has 2 rings (SSSR count). The molecule has 1 aliphatic rings. The van der Waals surface area contributed by atoms with E-state index in [-0.39, 0.29) is 0 Å². The zero-order valence-electron chi connectivity index (χ0n) is 11.8. The van der Waals surface area contributed by atoms with Gasteiger partial charge < -0.3 is 15.2 Å². The number of nitrogens with one attached hydrogen (secondary N) is 1. The predicted molar refractivity (Wildman–Crippen MR) is 78.4 cm³/mol. The van der Waals surface area contributed by atoms with Crippen molar-refractivity contribution in [1.29, 1.82) is 0 Å². The van der Waals surface area contributed by atoms with Crippen molar-refractivity contribution in [2.45, 2.75) is 39.3 Å². The fourth-order valence-electron chi connectivity index (χ4n) is 2.45. The lowest BCUT2D eigenvalue weighted by atomic mass is 10.0. The van der Waals surface area contributed by atoms with Gasteiger partial charge in [0.05, 0.1) is 6.61 Å². The Morgan fingerprint density at radius 1 is 1.50 bits per heavy atom. The molecule has 0 amide bonds. The van der Waals surface area contributed by atoms with E-state index >= 15 is 0 Å². The summed E-state index contributed by atoms with van der Waals surface area (Å²) in [5.41, 5.74) is 2.03. The van der Waals surface area contributed by atoms with Gasteiger partial charge in [-0.25, -0.2) is 0 Å². The van der Waals surface area contributed by atoms with E-state index in [0.29, 0.717) is 30.5 Å². The average Bonchev–Trinajstić information content (AvgIpc) is 2.81. The molecule has 0 unspecified atom stereocenters. The van der Waals surface area contributed by atoms with Gasteiger partial charge in [-0.15, -0.1) is 0 Å². The summed E-state index contributed by atoms with van der Waals surface area (Å²) >= 11 is 6.09. The van der Waals surface area contributed by atoms with Gasteiger partial charge in [0.25, 0.3) is 0 Å². The molecule has 5 heteroatoms. The highest BCUT2D eigenvalue weighted by Gasteiger charge is 2.21. The van der Waals surface area contributed by atoms with Crippen LogP contribution in [0.15, 0.2) is 12.1 Å². The number of fused-ring (bicyclic) bond motifs is 1. The number of hydrogen-bond donors (Lipinski definition) is 2. The number of aliphatic carboxylic acids is 1. The van der Waals surface area contributed by atoms with E-state index < -0.39 is 12.0 Å². The molecule has 1 aromatic rings. The number of benzene rings is 1. The van der Waals surface area contributed by atoms with Gasteiger partial charge in [0.15, 0.2) is 0 Å². The average molecular weight is 298 g/mol. The molecule has 1 heterocycles. The lowest BCUT2D eigenvalue weighted by Crippen LogP contribution is -2.37. The maximum atomic E-state index is 11.2. The van der Waals surface area contributed by atoms with E-state index in [1.165, 1.54) is 0 Å². The van der Waals surface area contributed by atoms with Gasteiger partial charge in [-0.3, -0.25) is 4.79 Å². The van der Waals surface area contributed by atoms with Crippen molar-refractivity contribution in [2.75, 3.05) is 6.61 Å². The first-order valence-corrected chi connectivity index (χ1v) is 7.25. The minimum absolute atomic E-state index is 0.324. The van der Waals surface area contributed by atoms with Gasteiger partial charge in [-0.1, -0.05) is 25.4 Å². The Hall–Kier alpha value is -1.26. The van der Waals surface area contributed by atoms with Crippen molar-refractivity contribution >= 4 is 17.6 Å². The first-order valence-electron chi connectivity index (χ1n) is 6.87. The van der Waals surface area contributed by atoms with Crippen LogP contribution >= 0.6 is 11.6 Å². The van der Waals surface area contributed by atoms with Gasteiger partial charge in [0.1, 0.15) is 11.8 Å². The SMILES string of the molecule is CC(C)C[C@@H](NCc1cc(Cl)cc2c1OCC2)C(=O)O. The summed E-state index contributed by atoms with van der Waals surface area (Å²) in [6.45, 7) is 5.14. The molecule has 2 N–H and O–H groups in total. The molecule has 4 nitrogen and oxygen atoms in total. The van der Waals surface area contributed by atoms with Crippen molar-refractivity contribution in [2.24, 2.45) is 5.92 Å². The third-order valence-electron chi connectivity index (χ3n) is 3.37. The molecule has 1 aromatic carbocycles. The molecule has 20 heavy (non-hydrogen) atoms. The Morgan fingerprint density at radius 3 is 2.90 bits per heavy atom. The Balaban J connectivity index is 2.08. The van der Waals surface area contributed by atoms with E-state index in [1.807, 2.05) is 26.0 Å². The molecule has 0 aliphatic carbocycles. The number of ether oxygens (including phenoxy) is 1. The van der Waals surface area contributed by atoms with Crippen LogP contribution in [0.2, 0.25) is 5.02 Å². The second-order valence-corrected chi connectivity index (χ2v) is 5.99. The topological polar surface area (TPSA) is 58.6 Å². The fraction of sp³-hybridized carbons (Fsp3) is 0.533. The summed E-state index contributed by atoms with van der Waals surface area (Å²) in [6, 6.07) is 3.20. The first-order chi connectivity index (χ1) is 9.47. The van der Waals surface area contributed by atoms with Gasteiger partial charge in [0.2, 0.25) is 0 Å². The normalized spacial score (nSPS) is 15.0. The fourth-order valence-corrected chi connectivity index (χ4v) is 2.72. The van der Waals surface area contributed by atoms with E-state index in [4.69, 9.17) is 16.3 Å². The molecular formula is C15H20ClNO3. The minimum Gasteiger partial charge on any atom is -0.493 e. The zero-order valence-corrected chi connectivity index (χ0v) is 12.5. The molecule has 1 atom stereocenters. The Kier molecular flexibility index (Phi) is 4.89. The van der Waals surface area contributed by atoms with Crippen LogP contribution in [0.3, 0.4) is 0 Å². The molecule has 110 valence electrons. The van der Waals surface area contributed by atoms with Crippen LogP contribution < -0.4 is 10.1 Å². The zero-order chi connectivity index (χ0) is 14.7.